The Morgan fingerprint density at radius 3 is 2.76 bits per heavy atom. The fraction of sp³-hybridized carbons (Fsp3) is 0.615. The third kappa shape index (κ3) is 5.54. The van der Waals surface area contributed by atoms with Gasteiger partial charge < -0.3 is 14.8 Å². The summed E-state index contributed by atoms with van der Waals surface area (Å²) in [5.41, 5.74) is 0. The molecule has 4 heteroatoms. The number of hydrogen-bond acceptors (Lipinski definition) is 4. The Labute approximate surface area is 103 Å². The maximum atomic E-state index is 5.58. The zero-order chi connectivity index (χ0) is 12.3. The van der Waals surface area contributed by atoms with Crippen LogP contribution in [-0.2, 0) is 0 Å². The Balaban J connectivity index is 2.35. The van der Waals surface area contributed by atoms with Crippen LogP contribution in [0.25, 0.3) is 0 Å². The molecule has 0 fully saturated rings. The first-order chi connectivity index (χ1) is 8.38. The maximum absolute atomic E-state index is 5.58. The third-order valence-electron chi connectivity index (χ3n) is 2.14. The predicted octanol–water partition coefficient (Wildman–Crippen LogP) is 2.25. The number of aromatic nitrogens is 1. The minimum Gasteiger partial charge on any atom is -0.488 e. The zero-order valence-electron chi connectivity index (χ0n) is 10.7. The van der Waals surface area contributed by atoms with E-state index in [0.717, 1.165) is 31.7 Å². The van der Waals surface area contributed by atoms with Crippen molar-refractivity contribution in [2.24, 2.45) is 0 Å². The molecule has 1 rings (SSSR count). The number of pyridine rings is 1. The van der Waals surface area contributed by atoms with Crippen molar-refractivity contribution < 1.29 is 9.47 Å². The van der Waals surface area contributed by atoms with Gasteiger partial charge in [0.1, 0.15) is 6.61 Å². The van der Waals surface area contributed by atoms with Gasteiger partial charge in [0.25, 0.3) is 5.88 Å². The number of hydrogen-bond donors (Lipinski definition) is 1. The highest BCUT2D eigenvalue weighted by molar-refractivity contribution is 5.32. The van der Waals surface area contributed by atoms with Gasteiger partial charge in [-0.25, -0.2) is 4.98 Å². The van der Waals surface area contributed by atoms with Gasteiger partial charge in [0.2, 0.25) is 0 Å². The van der Waals surface area contributed by atoms with Crippen molar-refractivity contribution in [2.45, 2.75) is 26.7 Å². The summed E-state index contributed by atoms with van der Waals surface area (Å²) in [6.45, 7) is 7.37. The average Bonchev–Trinajstić information content (AvgIpc) is 2.37. The summed E-state index contributed by atoms with van der Waals surface area (Å²) in [7, 11) is 0. The van der Waals surface area contributed by atoms with E-state index in [4.69, 9.17) is 9.47 Å². The van der Waals surface area contributed by atoms with Gasteiger partial charge in [0.15, 0.2) is 5.75 Å². The van der Waals surface area contributed by atoms with Crippen molar-refractivity contribution in [3.8, 4) is 11.6 Å². The van der Waals surface area contributed by atoms with Crippen LogP contribution in [0.15, 0.2) is 18.3 Å². The molecular weight excluding hydrogens is 216 g/mol. The van der Waals surface area contributed by atoms with E-state index in [1.807, 2.05) is 12.1 Å². The number of ether oxygens (including phenoxy) is 2. The molecule has 0 atom stereocenters. The molecule has 0 aliphatic rings. The van der Waals surface area contributed by atoms with Crippen molar-refractivity contribution in [2.75, 3.05) is 26.3 Å². The van der Waals surface area contributed by atoms with Crippen molar-refractivity contribution in [3.63, 3.8) is 0 Å². The average molecular weight is 238 g/mol. The van der Waals surface area contributed by atoms with Crippen LogP contribution >= 0.6 is 0 Å². The lowest BCUT2D eigenvalue weighted by molar-refractivity contribution is 0.259. The van der Waals surface area contributed by atoms with Gasteiger partial charge in [-0.3, -0.25) is 0 Å². The Hall–Kier alpha value is -1.29. The first-order valence-electron chi connectivity index (χ1n) is 6.29. The van der Waals surface area contributed by atoms with E-state index in [1.165, 1.54) is 0 Å². The Morgan fingerprint density at radius 1 is 1.12 bits per heavy atom. The summed E-state index contributed by atoms with van der Waals surface area (Å²) >= 11 is 0. The molecule has 96 valence electrons. The van der Waals surface area contributed by atoms with E-state index >= 15 is 0 Å². The fourth-order valence-electron chi connectivity index (χ4n) is 1.33. The van der Waals surface area contributed by atoms with Crippen LogP contribution in [0.5, 0.6) is 11.6 Å². The molecule has 0 unspecified atom stereocenters. The van der Waals surface area contributed by atoms with Crippen LogP contribution in [0.4, 0.5) is 0 Å². The van der Waals surface area contributed by atoms with Gasteiger partial charge >= 0.3 is 0 Å². The minimum absolute atomic E-state index is 0.583. The zero-order valence-corrected chi connectivity index (χ0v) is 10.7. The quantitative estimate of drug-likeness (QED) is 0.670. The van der Waals surface area contributed by atoms with Crippen LogP contribution in [0.1, 0.15) is 26.7 Å². The molecule has 1 heterocycles. The first kappa shape index (κ1) is 13.8. The summed E-state index contributed by atoms with van der Waals surface area (Å²) in [5, 5.41) is 3.27. The molecule has 0 spiro atoms. The molecule has 0 saturated heterocycles. The van der Waals surface area contributed by atoms with Crippen molar-refractivity contribution in [1.82, 2.24) is 10.3 Å². The Bertz CT molecular complexity index is 305. The molecule has 0 bridgehead atoms. The number of rotatable bonds is 9. The molecule has 17 heavy (non-hydrogen) atoms. The molecule has 0 amide bonds. The molecular formula is C13H22N2O2. The summed E-state index contributed by atoms with van der Waals surface area (Å²) in [6, 6.07) is 3.74. The minimum atomic E-state index is 0.583. The third-order valence-corrected chi connectivity index (χ3v) is 2.14. The molecule has 1 N–H and O–H groups in total. The van der Waals surface area contributed by atoms with Gasteiger partial charge in [-0.15, -0.1) is 0 Å². The lowest BCUT2D eigenvalue weighted by Crippen LogP contribution is -2.21. The molecule has 0 radical (unpaired) electrons. The lowest BCUT2D eigenvalue weighted by atomic mass is 10.4. The van der Waals surface area contributed by atoms with Crippen LogP contribution in [0, 0.1) is 0 Å². The SMILES string of the molecule is CCCNCCOc1ncccc1OCCC. The predicted molar refractivity (Wildman–Crippen MR) is 68.7 cm³/mol. The maximum Gasteiger partial charge on any atom is 0.257 e. The van der Waals surface area contributed by atoms with Crippen LogP contribution in [0.2, 0.25) is 0 Å². The summed E-state index contributed by atoms with van der Waals surface area (Å²) in [5.74, 6) is 1.31. The monoisotopic (exact) mass is 238 g/mol. The largest absolute Gasteiger partial charge is 0.488 e. The second kappa shape index (κ2) is 8.82. The molecule has 0 aliphatic carbocycles. The summed E-state index contributed by atoms with van der Waals surface area (Å²) in [4.78, 5) is 4.17. The van der Waals surface area contributed by atoms with Crippen molar-refractivity contribution >= 4 is 0 Å². The second-order valence-corrected chi connectivity index (χ2v) is 3.75. The highest BCUT2D eigenvalue weighted by Gasteiger charge is 2.04. The molecule has 0 saturated carbocycles. The normalized spacial score (nSPS) is 10.2. The molecule has 4 nitrogen and oxygen atoms in total. The fourth-order valence-corrected chi connectivity index (χ4v) is 1.33. The molecule has 1 aromatic rings. The highest BCUT2D eigenvalue weighted by Crippen LogP contribution is 2.23. The van der Waals surface area contributed by atoms with Gasteiger partial charge in [0.05, 0.1) is 6.61 Å². The number of nitrogens with zero attached hydrogens (tertiary/aromatic N) is 1. The van der Waals surface area contributed by atoms with E-state index < -0.39 is 0 Å². The van der Waals surface area contributed by atoms with Crippen LogP contribution in [0.3, 0.4) is 0 Å². The van der Waals surface area contributed by atoms with Gasteiger partial charge in [-0.2, -0.15) is 0 Å². The Kier molecular flexibility index (Phi) is 7.14. The molecule has 0 aromatic carbocycles. The summed E-state index contributed by atoms with van der Waals surface area (Å²) in [6.07, 6.45) is 3.83. The first-order valence-corrected chi connectivity index (χ1v) is 6.29. The van der Waals surface area contributed by atoms with Crippen LogP contribution in [-0.4, -0.2) is 31.3 Å². The van der Waals surface area contributed by atoms with Crippen LogP contribution < -0.4 is 14.8 Å². The van der Waals surface area contributed by atoms with Crippen molar-refractivity contribution in [1.29, 1.82) is 0 Å². The topological polar surface area (TPSA) is 43.4 Å². The second-order valence-electron chi connectivity index (χ2n) is 3.75. The summed E-state index contributed by atoms with van der Waals surface area (Å²) < 4.78 is 11.1. The van der Waals surface area contributed by atoms with E-state index in [2.05, 4.69) is 24.1 Å². The van der Waals surface area contributed by atoms with Gasteiger partial charge in [0, 0.05) is 12.7 Å². The molecule has 1 aromatic heterocycles. The standard InChI is InChI=1S/C13H22N2O2/c1-3-7-14-9-11-17-13-12(16-10-4-2)6-5-8-15-13/h5-6,8,14H,3-4,7,9-11H2,1-2H3. The Morgan fingerprint density at radius 2 is 2.00 bits per heavy atom. The van der Waals surface area contributed by atoms with Gasteiger partial charge in [-0.1, -0.05) is 13.8 Å². The highest BCUT2D eigenvalue weighted by atomic mass is 16.5. The molecule has 0 aliphatic heterocycles. The van der Waals surface area contributed by atoms with Crippen molar-refractivity contribution in [3.05, 3.63) is 18.3 Å². The number of nitrogens with one attached hydrogen (secondary N) is 1. The van der Waals surface area contributed by atoms with E-state index in [9.17, 15) is 0 Å². The van der Waals surface area contributed by atoms with Gasteiger partial charge in [-0.05, 0) is 31.5 Å². The van der Waals surface area contributed by atoms with E-state index in [0.29, 0.717) is 19.1 Å². The lowest BCUT2D eigenvalue weighted by Gasteiger charge is -2.11. The smallest absolute Gasteiger partial charge is 0.257 e. The van der Waals surface area contributed by atoms with E-state index in [1.54, 1.807) is 6.20 Å². The van der Waals surface area contributed by atoms with E-state index in [-0.39, 0.29) is 0 Å².